The van der Waals surface area contributed by atoms with Crippen LogP contribution in [0.3, 0.4) is 0 Å². The van der Waals surface area contributed by atoms with Gasteiger partial charge in [-0.05, 0) is 6.92 Å². The Kier molecular flexibility index (Phi) is 8.73. The van der Waals surface area contributed by atoms with Crippen LogP contribution in [-0.4, -0.2) is 12.6 Å². The first kappa shape index (κ1) is 9.66. The molecular weight excluding hydrogens is 123 g/mol. The third-order valence-corrected chi connectivity index (χ3v) is 0.372. The van der Waals surface area contributed by atoms with Crippen LogP contribution in [0.15, 0.2) is 0 Å². The Morgan fingerprint density at radius 1 is 1.67 bits per heavy atom. The maximum atomic E-state index is 5.17. The fourth-order valence-corrected chi connectivity index (χ4v) is 0. The summed E-state index contributed by atoms with van der Waals surface area (Å²) in [5.74, 6) is 0. The Bertz CT molecular complexity index is 22.8. The summed E-state index contributed by atoms with van der Waals surface area (Å²) < 4.78 is 0. The molecule has 0 saturated carbocycles. The second-order valence-electron chi connectivity index (χ2n) is 1.21. The van der Waals surface area contributed by atoms with Crippen molar-refractivity contribution in [1.82, 2.24) is 0 Å². The number of rotatable bonds is 1. The van der Waals surface area contributed by atoms with E-state index in [0.717, 1.165) is 0 Å². The summed E-state index contributed by atoms with van der Waals surface area (Å²) in [6, 6.07) is 0.162. The Hall–Kier alpha value is 0.426. The summed E-state index contributed by atoms with van der Waals surface area (Å²) >= 11 is 0. The van der Waals surface area contributed by atoms with Crippen LogP contribution in [0.25, 0.3) is 0 Å². The maximum Gasteiger partial charge on any atom is 0.0134 e. The number of hydrogen-bond donors (Lipinski definition) is 2. The quantitative estimate of drug-likeness (QED) is 0.496. The topological polar surface area (TPSA) is 52.0 Å². The molecule has 1 radical (unpaired) electrons. The molecule has 1 atom stereocenters. The zero-order valence-electron chi connectivity index (χ0n) is 3.77. The van der Waals surface area contributed by atoms with E-state index in [9.17, 15) is 0 Å². The Morgan fingerprint density at radius 3 is 1.83 bits per heavy atom. The van der Waals surface area contributed by atoms with Crippen molar-refractivity contribution in [1.29, 1.82) is 0 Å². The fourth-order valence-electron chi connectivity index (χ4n) is 0. The number of nitrogens with two attached hydrogens (primary N) is 2. The van der Waals surface area contributed by atoms with Crippen LogP contribution in [-0.2, 0) is 16.8 Å². The Labute approximate surface area is 48.5 Å². The third kappa shape index (κ3) is 8.83. The van der Waals surface area contributed by atoms with E-state index in [1.807, 2.05) is 6.92 Å². The van der Waals surface area contributed by atoms with Crippen molar-refractivity contribution in [3.05, 3.63) is 0 Å². The van der Waals surface area contributed by atoms with Gasteiger partial charge in [0.25, 0.3) is 0 Å². The molecule has 0 saturated heterocycles. The normalized spacial score (nSPS) is 12.5. The van der Waals surface area contributed by atoms with E-state index in [1.54, 1.807) is 0 Å². The molecular formula is C3H10CoN2. The molecule has 2 nitrogen and oxygen atoms in total. The molecule has 4 N–H and O–H groups in total. The average Bonchev–Trinajstić information content (AvgIpc) is 1.38. The number of hydrogen-bond acceptors (Lipinski definition) is 2. The summed E-state index contributed by atoms with van der Waals surface area (Å²) in [5.41, 5.74) is 10.2. The zero-order chi connectivity index (χ0) is 4.28. The van der Waals surface area contributed by atoms with Gasteiger partial charge in [0.2, 0.25) is 0 Å². The van der Waals surface area contributed by atoms with Gasteiger partial charge in [0, 0.05) is 29.4 Å². The predicted molar refractivity (Wildman–Crippen MR) is 22.7 cm³/mol. The van der Waals surface area contributed by atoms with Crippen LogP contribution < -0.4 is 11.5 Å². The first-order valence-electron chi connectivity index (χ1n) is 1.73. The summed E-state index contributed by atoms with van der Waals surface area (Å²) in [6.45, 7) is 2.46. The molecule has 0 bridgehead atoms. The molecule has 0 heterocycles. The summed E-state index contributed by atoms with van der Waals surface area (Å²) in [5, 5.41) is 0. The van der Waals surface area contributed by atoms with Gasteiger partial charge < -0.3 is 11.5 Å². The molecule has 41 valence electrons. The molecule has 1 unspecified atom stereocenters. The van der Waals surface area contributed by atoms with Crippen molar-refractivity contribution in [3.63, 3.8) is 0 Å². The van der Waals surface area contributed by atoms with E-state index >= 15 is 0 Å². The van der Waals surface area contributed by atoms with Crippen LogP contribution in [0, 0.1) is 0 Å². The van der Waals surface area contributed by atoms with Gasteiger partial charge in [-0.2, -0.15) is 0 Å². The predicted octanol–water partition coefficient (Wildman–Crippen LogP) is -0.710. The third-order valence-electron chi connectivity index (χ3n) is 0.372. The summed E-state index contributed by atoms with van der Waals surface area (Å²) in [4.78, 5) is 0. The summed E-state index contributed by atoms with van der Waals surface area (Å²) in [6.07, 6.45) is 0. The van der Waals surface area contributed by atoms with Gasteiger partial charge in [-0.15, -0.1) is 0 Å². The van der Waals surface area contributed by atoms with Gasteiger partial charge in [0.05, 0.1) is 0 Å². The SMILES string of the molecule is CC(N)CN.[Co]. The van der Waals surface area contributed by atoms with Crippen LogP contribution in [0.2, 0.25) is 0 Å². The second-order valence-corrected chi connectivity index (χ2v) is 1.21. The van der Waals surface area contributed by atoms with E-state index in [-0.39, 0.29) is 22.8 Å². The van der Waals surface area contributed by atoms with Gasteiger partial charge in [0.1, 0.15) is 0 Å². The standard InChI is InChI=1S/C3H10N2.Co/c1-3(5)2-4;/h3H,2,4-5H2,1H3;. The minimum Gasteiger partial charge on any atom is -0.329 e. The molecule has 0 aromatic rings. The van der Waals surface area contributed by atoms with Crippen molar-refractivity contribution < 1.29 is 16.8 Å². The molecule has 0 aliphatic heterocycles. The van der Waals surface area contributed by atoms with Gasteiger partial charge in [-0.25, -0.2) is 0 Å². The average molecular weight is 133 g/mol. The molecule has 0 amide bonds. The monoisotopic (exact) mass is 133 g/mol. The molecule has 0 rings (SSSR count). The molecule has 0 spiro atoms. The van der Waals surface area contributed by atoms with Crippen LogP contribution >= 0.6 is 0 Å². The second kappa shape index (κ2) is 5.43. The Balaban J connectivity index is 0. The maximum absolute atomic E-state index is 5.17. The van der Waals surface area contributed by atoms with E-state index in [0.29, 0.717) is 6.54 Å². The van der Waals surface area contributed by atoms with Gasteiger partial charge in [-0.1, -0.05) is 0 Å². The van der Waals surface area contributed by atoms with Gasteiger partial charge in [-0.3, -0.25) is 0 Å². The van der Waals surface area contributed by atoms with Crippen LogP contribution in [0.1, 0.15) is 6.92 Å². The van der Waals surface area contributed by atoms with Crippen molar-refractivity contribution >= 4 is 0 Å². The summed E-state index contributed by atoms with van der Waals surface area (Å²) in [7, 11) is 0. The molecule has 0 aliphatic carbocycles. The van der Waals surface area contributed by atoms with Crippen LogP contribution in [0.4, 0.5) is 0 Å². The minimum atomic E-state index is 0. The van der Waals surface area contributed by atoms with Crippen molar-refractivity contribution in [2.24, 2.45) is 11.5 Å². The molecule has 0 aliphatic rings. The first-order valence-corrected chi connectivity index (χ1v) is 1.73. The van der Waals surface area contributed by atoms with E-state index in [4.69, 9.17) is 11.5 Å². The molecule has 0 aromatic heterocycles. The van der Waals surface area contributed by atoms with E-state index in [2.05, 4.69) is 0 Å². The van der Waals surface area contributed by atoms with Crippen molar-refractivity contribution in [3.8, 4) is 0 Å². The first-order chi connectivity index (χ1) is 2.27. The molecule has 0 aromatic carbocycles. The molecule has 6 heavy (non-hydrogen) atoms. The largest absolute Gasteiger partial charge is 0.329 e. The molecule has 0 fully saturated rings. The zero-order valence-corrected chi connectivity index (χ0v) is 4.81. The van der Waals surface area contributed by atoms with Crippen LogP contribution in [0.5, 0.6) is 0 Å². The Morgan fingerprint density at radius 2 is 1.83 bits per heavy atom. The van der Waals surface area contributed by atoms with Gasteiger partial charge in [0.15, 0.2) is 0 Å². The van der Waals surface area contributed by atoms with Gasteiger partial charge >= 0.3 is 0 Å². The molecule has 3 heteroatoms. The van der Waals surface area contributed by atoms with E-state index < -0.39 is 0 Å². The minimum absolute atomic E-state index is 0. The van der Waals surface area contributed by atoms with Crippen molar-refractivity contribution in [2.45, 2.75) is 13.0 Å². The fraction of sp³-hybridized carbons (Fsp3) is 1.00. The van der Waals surface area contributed by atoms with Crippen molar-refractivity contribution in [2.75, 3.05) is 6.54 Å². The smallest absolute Gasteiger partial charge is 0.0134 e. The van der Waals surface area contributed by atoms with E-state index in [1.165, 1.54) is 0 Å².